The average molecular weight is 399 g/mol. The molecule has 0 spiro atoms. The fraction of sp³-hybridized carbons (Fsp3) is 0.278. The second-order valence-corrected chi connectivity index (χ2v) is 9.05. The van der Waals surface area contributed by atoms with E-state index in [0.717, 1.165) is 6.07 Å². The number of carbonyl (C=O) groups excluding carboxylic acids is 1. The third-order valence-electron chi connectivity index (χ3n) is 3.67. The molecule has 0 saturated carbocycles. The zero-order valence-electron chi connectivity index (χ0n) is 14.4. The van der Waals surface area contributed by atoms with E-state index in [4.69, 9.17) is 11.6 Å². The summed E-state index contributed by atoms with van der Waals surface area (Å²) in [7, 11) is -3.20. The van der Waals surface area contributed by atoms with E-state index in [1.165, 1.54) is 12.1 Å². The van der Waals surface area contributed by atoms with Crippen molar-refractivity contribution < 1.29 is 17.6 Å². The number of rotatable bonds is 7. The summed E-state index contributed by atoms with van der Waals surface area (Å²) < 4.78 is 37.0. The van der Waals surface area contributed by atoms with Crippen molar-refractivity contribution in [3.8, 4) is 0 Å². The molecule has 0 aromatic heterocycles. The molecule has 2 aromatic rings. The predicted molar refractivity (Wildman–Crippen MR) is 103 cm³/mol. The minimum atomic E-state index is -3.20. The topological polar surface area (TPSA) is 75.3 Å². The van der Waals surface area contributed by atoms with E-state index in [9.17, 15) is 17.6 Å². The number of nitrogens with one attached hydrogen (secondary N) is 2. The van der Waals surface area contributed by atoms with Crippen LogP contribution in [0.15, 0.2) is 42.5 Å². The van der Waals surface area contributed by atoms with Crippen LogP contribution >= 0.6 is 11.6 Å². The normalized spacial score (nSPS) is 11.4. The van der Waals surface area contributed by atoms with Gasteiger partial charge in [0, 0.05) is 5.69 Å². The minimum absolute atomic E-state index is 0.0475. The highest BCUT2D eigenvalue weighted by Crippen LogP contribution is 2.22. The van der Waals surface area contributed by atoms with Crippen molar-refractivity contribution in [2.45, 2.75) is 24.9 Å². The van der Waals surface area contributed by atoms with Crippen LogP contribution in [0, 0.1) is 5.82 Å². The molecule has 0 aliphatic heterocycles. The third kappa shape index (κ3) is 5.71. The molecule has 0 atom stereocenters. The monoisotopic (exact) mass is 398 g/mol. The van der Waals surface area contributed by atoms with Gasteiger partial charge in [-0.1, -0.05) is 23.7 Å². The van der Waals surface area contributed by atoms with E-state index in [1.54, 1.807) is 38.1 Å². The van der Waals surface area contributed by atoms with Crippen LogP contribution in [-0.2, 0) is 20.4 Å². The van der Waals surface area contributed by atoms with Gasteiger partial charge in [-0.3, -0.25) is 4.79 Å². The zero-order chi connectivity index (χ0) is 19.3. The zero-order valence-corrected chi connectivity index (χ0v) is 16.0. The first-order valence-electron chi connectivity index (χ1n) is 7.96. The Morgan fingerprint density at radius 2 is 1.92 bits per heavy atom. The Kier molecular flexibility index (Phi) is 6.61. The molecule has 0 unspecified atom stereocenters. The first kappa shape index (κ1) is 20.2. The molecule has 1 amide bonds. The van der Waals surface area contributed by atoms with Crippen LogP contribution in [0.5, 0.6) is 0 Å². The number of amides is 1. The van der Waals surface area contributed by atoms with E-state index in [1.807, 2.05) is 0 Å². The molecule has 2 aromatic carbocycles. The lowest BCUT2D eigenvalue weighted by Gasteiger charge is -2.11. The van der Waals surface area contributed by atoms with Gasteiger partial charge in [0.2, 0.25) is 5.91 Å². The summed E-state index contributed by atoms with van der Waals surface area (Å²) in [5.74, 6) is -0.907. The number of halogens is 2. The van der Waals surface area contributed by atoms with Crippen molar-refractivity contribution in [2.24, 2.45) is 0 Å². The summed E-state index contributed by atoms with van der Waals surface area (Å²) in [6, 6.07) is 10.6. The van der Waals surface area contributed by atoms with Gasteiger partial charge >= 0.3 is 0 Å². The van der Waals surface area contributed by atoms with Gasteiger partial charge in [0.15, 0.2) is 9.84 Å². The summed E-state index contributed by atoms with van der Waals surface area (Å²) in [6.07, 6.45) is 0. The molecule has 2 N–H and O–H groups in total. The highest BCUT2D eigenvalue weighted by molar-refractivity contribution is 7.91. The standard InChI is InChI=1S/C18H20ClFN2O3S/c1-12(2)26(24,25)11-13-4-3-5-15(8-13)21-10-18(23)22-17-7-6-14(20)9-16(17)19/h3-9,12,21H,10-11H2,1-2H3,(H,22,23). The molecule has 8 heteroatoms. The summed E-state index contributed by atoms with van der Waals surface area (Å²) in [5.41, 5.74) is 1.59. The van der Waals surface area contributed by atoms with Crippen LogP contribution < -0.4 is 10.6 Å². The highest BCUT2D eigenvalue weighted by Gasteiger charge is 2.17. The number of hydrogen-bond donors (Lipinski definition) is 2. The van der Waals surface area contributed by atoms with Gasteiger partial charge in [0.1, 0.15) is 5.82 Å². The Labute approximate surface area is 157 Å². The molecule has 140 valence electrons. The molecule has 0 saturated heterocycles. The van der Waals surface area contributed by atoms with Crippen molar-refractivity contribution in [2.75, 3.05) is 17.2 Å². The van der Waals surface area contributed by atoms with Gasteiger partial charge in [-0.05, 0) is 49.7 Å². The maximum absolute atomic E-state index is 13.0. The molecule has 26 heavy (non-hydrogen) atoms. The Bertz CT molecular complexity index is 901. The number of anilines is 2. The fourth-order valence-corrected chi connectivity index (χ4v) is 3.33. The Morgan fingerprint density at radius 3 is 2.58 bits per heavy atom. The fourth-order valence-electron chi connectivity index (χ4n) is 2.14. The molecule has 0 bridgehead atoms. The summed E-state index contributed by atoms with van der Waals surface area (Å²) >= 11 is 5.87. The van der Waals surface area contributed by atoms with Crippen LogP contribution in [0.3, 0.4) is 0 Å². The molecule has 2 rings (SSSR count). The lowest BCUT2D eigenvalue weighted by Crippen LogP contribution is -2.22. The molecular formula is C18H20ClFN2O3S. The van der Waals surface area contributed by atoms with E-state index in [0.29, 0.717) is 16.9 Å². The van der Waals surface area contributed by atoms with Crippen molar-refractivity contribution in [3.63, 3.8) is 0 Å². The number of hydrogen-bond acceptors (Lipinski definition) is 4. The second-order valence-electron chi connectivity index (χ2n) is 6.08. The highest BCUT2D eigenvalue weighted by atomic mass is 35.5. The second kappa shape index (κ2) is 8.51. The predicted octanol–water partition coefficient (Wildman–Crippen LogP) is 3.85. The summed E-state index contributed by atoms with van der Waals surface area (Å²) in [4.78, 5) is 12.0. The van der Waals surface area contributed by atoms with E-state index < -0.39 is 20.9 Å². The van der Waals surface area contributed by atoms with Gasteiger partial charge in [-0.15, -0.1) is 0 Å². The van der Waals surface area contributed by atoms with Crippen molar-refractivity contribution in [3.05, 3.63) is 58.9 Å². The first-order chi connectivity index (χ1) is 12.2. The molecule has 5 nitrogen and oxygen atoms in total. The molecule has 0 aliphatic carbocycles. The van der Waals surface area contributed by atoms with Crippen molar-refractivity contribution in [1.29, 1.82) is 0 Å². The van der Waals surface area contributed by atoms with Gasteiger partial charge in [0.25, 0.3) is 0 Å². The molecule has 0 radical (unpaired) electrons. The minimum Gasteiger partial charge on any atom is -0.376 e. The third-order valence-corrected chi connectivity index (χ3v) is 6.16. The van der Waals surface area contributed by atoms with Gasteiger partial charge < -0.3 is 10.6 Å². The average Bonchev–Trinajstić information content (AvgIpc) is 2.55. The Balaban J connectivity index is 1.97. The lowest BCUT2D eigenvalue weighted by atomic mass is 10.2. The van der Waals surface area contributed by atoms with Crippen LogP contribution in [0.25, 0.3) is 0 Å². The van der Waals surface area contributed by atoms with E-state index >= 15 is 0 Å². The molecule has 0 aliphatic rings. The van der Waals surface area contributed by atoms with Crippen LogP contribution in [0.1, 0.15) is 19.4 Å². The van der Waals surface area contributed by atoms with Crippen LogP contribution in [-0.4, -0.2) is 26.1 Å². The largest absolute Gasteiger partial charge is 0.376 e. The van der Waals surface area contributed by atoms with Gasteiger partial charge in [-0.25, -0.2) is 12.8 Å². The van der Waals surface area contributed by atoms with Crippen molar-refractivity contribution in [1.82, 2.24) is 0 Å². The SMILES string of the molecule is CC(C)S(=O)(=O)Cc1cccc(NCC(=O)Nc2ccc(F)cc2Cl)c1. The van der Waals surface area contributed by atoms with E-state index in [-0.39, 0.29) is 23.2 Å². The lowest BCUT2D eigenvalue weighted by molar-refractivity contribution is -0.114. The van der Waals surface area contributed by atoms with Crippen molar-refractivity contribution >= 4 is 38.7 Å². The first-order valence-corrected chi connectivity index (χ1v) is 10.1. The molecular weight excluding hydrogens is 379 g/mol. The molecule has 0 fully saturated rings. The quantitative estimate of drug-likeness (QED) is 0.742. The smallest absolute Gasteiger partial charge is 0.243 e. The maximum Gasteiger partial charge on any atom is 0.243 e. The summed E-state index contributed by atoms with van der Waals surface area (Å²) in [5, 5.41) is 5.16. The maximum atomic E-state index is 13.0. The van der Waals surface area contributed by atoms with Crippen LogP contribution in [0.2, 0.25) is 5.02 Å². The number of sulfone groups is 1. The Hall–Kier alpha value is -2.12. The number of benzene rings is 2. The van der Waals surface area contributed by atoms with Gasteiger partial charge in [0.05, 0.1) is 28.3 Å². The number of carbonyl (C=O) groups is 1. The van der Waals surface area contributed by atoms with E-state index in [2.05, 4.69) is 10.6 Å². The summed E-state index contributed by atoms with van der Waals surface area (Å²) in [6.45, 7) is 3.23. The molecule has 0 heterocycles. The van der Waals surface area contributed by atoms with Gasteiger partial charge in [-0.2, -0.15) is 0 Å². The van der Waals surface area contributed by atoms with Crippen LogP contribution in [0.4, 0.5) is 15.8 Å². The Morgan fingerprint density at radius 1 is 1.19 bits per heavy atom.